The van der Waals surface area contributed by atoms with E-state index in [1.807, 2.05) is 20.8 Å². The Kier molecular flexibility index (Phi) is 6.39. The fourth-order valence-electron chi connectivity index (χ4n) is 2.13. The number of hydrogen-bond donors (Lipinski definition) is 2. The van der Waals surface area contributed by atoms with Gasteiger partial charge in [0.2, 0.25) is 0 Å². The van der Waals surface area contributed by atoms with Crippen molar-refractivity contribution in [1.29, 1.82) is 0 Å². The summed E-state index contributed by atoms with van der Waals surface area (Å²) < 4.78 is 10.9. The smallest absolute Gasteiger partial charge is 0.275 e. The molecule has 0 spiro atoms. The highest BCUT2D eigenvalue weighted by molar-refractivity contribution is 5.97. The van der Waals surface area contributed by atoms with Crippen LogP contribution in [-0.2, 0) is 0 Å². The van der Waals surface area contributed by atoms with Gasteiger partial charge >= 0.3 is 0 Å². The molecule has 0 fully saturated rings. The lowest BCUT2D eigenvalue weighted by atomic mass is 10.2. The molecule has 0 atom stereocenters. The summed E-state index contributed by atoms with van der Waals surface area (Å²) in [5, 5.41) is 13.8. The Labute approximate surface area is 147 Å². The van der Waals surface area contributed by atoms with Gasteiger partial charge in [-0.25, -0.2) is 5.43 Å². The van der Waals surface area contributed by atoms with E-state index in [1.165, 1.54) is 12.3 Å². The number of carbonyl (C=O) groups is 1. The van der Waals surface area contributed by atoms with E-state index >= 15 is 0 Å². The van der Waals surface area contributed by atoms with Gasteiger partial charge in [0.25, 0.3) is 5.91 Å². The average Bonchev–Trinajstić information content (AvgIpc) is 2.57. The van der Waals surface area contributed by atoms with Crippen LogP contribution in [0.2, 0.25) is 0 Å². The zero-order valence-corrected chi connectivity index (χ0v) is 14.5. The second-order valence-corrected chi connectivity index (χ2v) is 5.52. The Morgan fingerprint density at radius 1 is 1.24 bits per heavy atom. The zero-order chi connectivity index (χ0) is 18.2. The first-order valence-electron chi connectivity index (χ1n) is 8.06. The van der Waals surface area contributed by atoms with Gasteiger partial charge in [-0.3, -0.25) is 4.79 Å². The molecule has 0 radical (unpaired) electrons. The number of ether oxygens (including phenoxy) is 2. The summed E-state index contributed by atoms with van der Waals surface area (Å²) in [6.07, 6.45) is 1.41. The minimum absolute atomic E-state index is 0.0211. The maximum atomic E-state index is 12.3. The number of rotatable bonds is 7. The molecule has 132 valence electrons. The monoisotopic (exact) mass is 342 g/mol. The maximum absolute atomic E-state index is 12.3. The van der Waals surface area contributed by atoms with E-state index < -0.39 is 0 Å². The molecule has 25 heavy (non-hydrogen) atoms. The van der Waals surface area contributed by atoms with Crippen molar-refractivity contribution in [3.05, 3.63) is 53.6 Å². The largest absolute Gasteiger partial charge is 0.504 e. The van der Waals surface area contributed by atoms with Gasteiger partial charge in [0.15, 0.2) is 11.5 Å². The highest BCUT2D eigenvalue weighted by Gasteiger charge is 2.12. The van der Waals surface area contributed by atoms with Crippen molar-refractivity contribution in [2.45, 2.75) is 26.9 Å². The number of phenols is 1. The number of hydrazone groups is 1. The van der Waals surface area contributed by atoms with E-state index in [-0.39, 0.29) is 17.8 Å². The number of benzene rings is 2. The van der Waals surface area contributed by atoms with Gasteiger partial charge in [-0.2, -0.15) is 5.10 Å². The Bertz CT molecular complexity index is 757. The van der Waals surface area contributed by atoms with Crippen LogP contribution < -0.4 is 14.9 Å². The van der Waals surface area contributed by atoms with Crippen LogP contribution in [-0.4, -0.2) is 29.9 Å². The number of aromatic hydroxyl groups is 1. The van der Waals surface area contributed by atoms with Gasteiger partial charge in [-0.1, -0.05) is 12.1 Å². The molecule has 2 N–H and O–H groups in total. The number of hydrogen-bond acceptors (Lipinski definition) is 5. The molecule has 2 rings (SSSR count). The van der Waals surface area contributed by atoms with Crippen LogP contribution in [0.5, 0.6) is 17.2 Å². The predicted molar refractivity (Wildman–Crippen MR) is 96.5 cm³/mol. The third-order valence-electron chi connectivity index (χ3n) is 3.16. The van der Waals surface area contributed by atoms with E-state index in [0.717, 1.165) is 0 Å². The molecule has 6 heteroatoms. The minimum Gasteiger partial charge on any atom is -0.504 e. The van der Waals surface area contributed by atoms with E-state index in [2.05, 4.69) is 10.5 Å². The number of nitrogens with one attached hydrogen (secondary N) is 1. The molecule has 0 aromatic heterocycles. The quantitative estimate of drug-likeness (QED) is 0.597. The number of nitrogens with zero attached hydrogens (tertiary/aromatic N) is 1. The fraction of sp³-hybridized carbons (Fsp3) is 0.263. The topological polar surface area (TPSA) is 80.2 Å². The standard InChI is InChI=1S/C19H22N2O4/c1-4-24-18-10-9-14(11-16(18)22)12-20-21-19(23)15-7-5-6-8-17(15)25-13(2)3/h5-13,22H,4H2,1-3H3,(H,21,23)/b20-12+. The molecular weight excluding hydrogens is 320 g/mol. The molecule has 2 aromatic carbocycles. The van der Waals surface area contributed by atoms with Crippen LogP contribution in [0.25, 0.3) is 0 Å². The van der Waals surface area contributed by atoms with Gasteiger partial charge in [-0.15, -0.1) is 0 Å². The van der Waals surface area contributed by atoms with E-state index in [0.29, 0.717) is 29.2 Å². The molecule has 0 aliphatic rings. The second kappa shape index (κ2) is 8.73. The van der Waals surface area contributed by atoms with Gasteiger partial charge in [0.1, 0.15) is 5.75 Å². The summed E-state index contributed by atoms with van der Waals surface area (Å²) in [6, 6.07) is 11.9. The molecule has 0 saturated carbocycles. The van der Waals surface area contributed by atoms with Crippen LogP contribution in [0.3, 0.4) is 0 Å². The van der Waals surface area contributed by atoms with Crippen molar-refractivity contribution < 1.29 is 19.4 Å². The van der Waals surface area contributed by atoms with Crippen molar-refractivity contribution in [2.24, 2.45) is 5.10 Å². The lowest BCUT2D eigenvalue weighted by molar-refractivity contribution is 0.0949. The lowest BCUT2D eigenvalue weighted by Crippen LogP contribution is -2.19. The molecule has 0 heterocycles. The third kappa shape index (κ3) is 5.24. The third-order valence-corrected chi connectivity index (χ3v) is 3.16. The van der Waals surface area contributed by atoms with Crippen LogP contribution in [0, 0.1) is 0 Å². The highest BCUT2D eigenvalue weighted by Crippen LogP contribution is 2.26. The number of para-hydroxylation sites is 1. The maximum Gasteiger partial charge on any atom is 0.275 e. The number of amides is 1. The first-order valence-corrected chi connectivity index (χ1v) is 8.06. The van der Waals surface area contributed by atoms with E-state index in [1.54, 1.807) is 36.4 Å². The first-order chi connectivity index (χ1) is 12.0. The summed E-state index contributed by atoms with van der Waals surface area (Å²) in [5.41, 5.74) is 3.50. The average molecular weight is 342 g/mol. The SMILES string of the molecule is CCOc1ccc(/C=N/NC(=O)c2ccccc2OC(C)C)cc1O. The normalized spacial score (nSPS) is 10.9. The first kappa shape index (κ1) is 18.3. The Balaban J connectivity index is 2.05. The molecular formula is C19H22N2O4. The van der Waals surface area contributed by atoms with Gasteiger partial charge in [0.05, 0.1) is 24.5 Å². The number of phenolic OH excluding ortho intramolecular Hbond substituents is 1. The van der Waals surface area contributed by atoms with Crippen molar-refractivity contribution in [3.63, 3.8) is 0 Å². The molecule has 0 saturated heterocycles. The Morgan fingerprint density at radius 2 is 2.00 bits per heavy atom. The van der Waals surface area contributed by atoms with Crippen molar-refractivity contribution >= 4 is 12.1 Å². The minimum atomic E-state index is -0.373. The van der Waals surface area contributed by atoms with Crippen LogP contribution >= 0.6 is 0 Å². The van der Waals surface area contributed by atoms with Gasteiger partial charge in [-0.05, 0) is 56.7 Å². The summed E-state index contributed by atoms with van der Waals surface area (Å²) >= 11 is 0. The van der Waals surface area contributed by atoms with E-state index in [4.69, 9.17) is 9.47 Å². The van der Waals surface area contributed by atoms with Crippen LogP contribution in [0.15, 0.2) is 47.6 Å². The van der Waals surface area contributed by atoms with Gasteiger partial charge < -0.3 is 14.6 Å². The van der Waals surface area contributed by atoms with Crippen molar-refractivity contribution in [1.82, 2.24) is 5.43 Å². The Morgan fingerprint density at radius 3 is 2.68 bits per heavy atom. The second-order valence-electron chi connectivity index (χ2n) is 5.52. The van der Waals surface area contributed by atoms with Crippen molar-refractivity contribution in [2.75, 3.05) is 6.61 Å². The molecule has 0 aliphatic heterocycles. The van der Waals surface area contributed by atoms with Crippen LogP contribution in [0.1, 0.15) is 36.7 Å². The van der Waals surface area contributed by atoms with E-state index in [9.17, 15) is 9.90 Å². The molecule has 0 aliphatic carbocycles. The lowest BCUT2D eigenvalue weighted by Gasteiger charge is -2.12. The van der Waals surface area contributed by atoms with Crippen molar-refractivity contribution in [3.8, 4) is 17.2 Å². The highest BCUT2D eigenvalue weighted by atomic mass is 16.5. The summed E-state index contributed by atoms with van der Waals surface area (Å²) in [5.74, 6) is 0.558. The zero-order valence-electron chi connectivity index (χ0n) is 14.5. The fourth-order valence-corrected chi connectivity index (χ4v) is 2.13. The summed E-state index contributed by atoms with van der Waals surface area (Å²) in [6.45, 7) is 6.09. The molecule has 2 aromatic rings. The number of carbonyl (C=O) groups excluding carboxylic acids is 1. The molecule has 1 amide bonds. The molecule has 0 bridgehead atoms. The van der Waals surface area contributed by atoms with Gasteiger partial charge in [0, 0.05) is 0 Å². The molecule has 6 nitrogen and oxygen atoms in total. The molecule has 0 unspecified atom stereocenters. The summed E-state index contributed by atoms with van der Waals surface area (Å²) in [4.78, 5) is 12.3. The Hall–Kier alpha value is -3.02. The summed E-state index contributed by atoms with van der Waals surface area (Å²) in [7, 11) is 0. The predicted octanol–water partition coefficient (Wildman–Crippen LogP) is 3.34. The van der Waals surface area contributed by atoms with Crippen LogP contribution in [0.4, 0.5) is 0 Å².